The number of hydrogen-bond acceptors (Lipinski definition) is 5. The summed E-state index contributed by atoms with van der Waals surface area (Å²) in [6.07, 6.45) is 6.21. The molecule has 7 nitrogen and oxygen atoms in total. The van der Waals surface area contributed by atoms with Crippen LogP contribution in [0.25, 0.3) is 11.9 Å². The Morgan fingerprint density at radius 3 is 2.60 bits per heavy atom. The Bertz CT molecular complexity index is 1690. The van der Waals surface area contributed by atoms with Gasteiger partial charge in [0.15, 0.2) is 11.6 Å². The van der Waals surface area contributed by atoms with Crippen molar-refractivity contribution in [2.24, 2.45) is 4.99 Å². The number of allylic oxidation sites excluding steroid dienone is 2. The first-order valence-corrected chi connectivity index (χ1v) is 13.1. The molecule has 1 aromatic carbocycles. The highest BCUT2D eigenvalue weighted by Gasteiger charge is 2.21. The molecule has 1 unspecified atom stereocenters. The van der Waals surface area contributed by atoms with Gasteiger partial charge in [0.25, 0.3) is 5.56 Å². The molecule has 10 heteroatoms. The van der Waals surface area contributed by atoms with Gasteiger partial charge in [0.2, 0.25) is 0 Å². The first-order chi connectivity index (χ1) is 19.1. The third kappa shape index (κ3) is 5.99. The van der Waals surface area contributed by atoms with Crippen LogP contribution in [0.4, 0.5) is 8.78 Å². The van der Waals surface area contributed by atoms with Crippen LogP contribution in [0.5, 0.6) is 0 Å². The molecule has 0 fully saturated rings. The topological polar surface area (TPSA) is 78.0 Å². The quantitative estimate of drug-likeness (QED) is 0.224. The van der Waals surface area contributed by atoms with E-state index in [1.54, 1.807) is 52.1 Å². The normalized spacial score (nSPS) is 13.3. The fourth-order valence-electron chi connectivity index (χ4n) is 4.41. The second-order valence-electron chi connectivity index (χ2n) is 9.35. The fraction of sp³-hybridized carbons (Fsp3) is 0.233. The molecule has 0 spiro atoms. The second kappa shape index (κ2) is 12.3. The van der Waals surface area contributed by atoms with Crippen molar-refractivity contribution < 1.29 is 8.78 Å². The highest BCUT2D eigenvalue weighted by Crippen LogP contribution is 2.27. The Labute approximate surface area is 236 Å². The summed E-state index contributed by atoms with van der Waals surface area (Å²) in [6, 6.07) is 11.9. The molecule has 0 saturated carbocycles. The van der Waals surface area contributed by atoms with Gasteiger partial charge in [-0.25, -0.2) is 18.4 Å². The molecule has 4 rings (SSSR count). The number of aryl methyl sites for hydroxylation is 3. The molecular formula is C30H29ClF2N6O. The van der Waals surface area contributed by atoms with E-state index >= 15 is 8.78 Å². The van der Waals surface area contributed by atoms with E-state index in [2.05, 4.69) is 20.1 Å². The standard InChI is InChI=1S/C30H29ClF2N6O/c1-6-13-35-29(23-11-9-12-26(28(23)33)39-21(5)36-20(4)37-39)25(32)17-38-19(3)16-24(27(31)30(38)40)18(2)15-22-10-7-8-14-34-22/h6-14,16-18H,15H2,1-5H3/b13-6+,25-17-,35-29+. The maximum Gasteiger partial charge on any atom is 0.273 e. The van der Waals surface area contributed by atoms with E-state index in [1.165, 1.54) is 23.0 Å². The lowest BCUT2D eigenvalue weighted by molar-refractivity contribution is 0.603. The Hall–Kier alpha value is -4.24. The van der Waals surface area contributed by atoms with E-state index in [0.29, 0.717) is 29.3 Å². The molecule has 0 aliphatic carbocycles. The van der Waals surface area contributed by atoms with Crippen molar-refractivity contribution in [2.75, 3.05) is 0 Å². The van der Waals surface area contributed by atoms with Gasteiger partial charge in [0.1, 0.15) is 28.1 Å². The molecule has 0 aliphatic rings. The largest absolute Gasteiger partial charge is 0.284 e. The van der Waals surface area contributed by atoms with Gasteiger partial charge in [-0.1, -0.05) is 36.7 Å². The minimum absolute atomic E-state index is 0.0183. The summed E-state index contributed by atoms with van der Waals surface area (Å²) in [5.74, 6) is -0.810. The first-order valence-electron chi connectivity index (χ1n) is 12.7. The number of benzene rings is 1. The maximum absolute atomic E-state index is 15.9. The number of halogens is 3. The molecule has 0 bridgehead atoms. The zero-order valence-corrected chi connectivity index (χ0v) is 23.6. The minimum Gasteiger partial charge on any atom is -0.284 e. The Kier molecular flexibility index (Phi) is 8.84. The maximum atomic E-state index is 15.9. The van der Waals surface area contributed by atoms with Crippen molar-refractivity contribution in [2.45, 2.75) is 47.0 Å². The molecule has 0 aliphatic heterocycles. The third-order valence-corrected chi connectivity index (χ3v) is 6.71. The minimum atomic E-state index is -0.920. The van der Waals surface area contributed by atoms with Gasteiger partial charge < -0.3 is 0 Å². The monoisotopic (exact) mass is 562 g/mol. The SMILES string of the molecule is C/C=C/N=C(/C(F)=C/n1c(C)cc(C(C)Cc2ccccn2)c(Cl)c1=O)c1cccc(-n2nc(C)nc2C)c1F. The Morgan fingerprint density at radius 1 is 1.18 bits per heavy atom. The predicted octanol–water partition coefficient (Wildman–Crippen LogP) is 6.68. The molecule has 0 amide bonds. The van der Waals surface area contributed by atoms with E-state index in [-0.39, 0.29) is 27.9 Å². The summed E-state index contributed by atoms with van der Waals surface area (Å²) < 4.78 is 34.1. The van der Waals surface area contributed by atoms with Crippen molar-refractivity contribution in [3.8, 4) is 5.69 Å². The number of nitrogens with zero attached hydrogens (tertiary/aromatic N) is 6. The summed E-state index contributed by atoms with van der Waals surface area (Å²) in [4.78, 5) is 26.0. The molecule has 0 radical (unpaired) electrons. The Morgan fingerprint density at radius 2 is 1.95 bits per heavy atom. The van der Waals surface area contributed by atoms with Crippen LogP contribution in [-0.2, 0) is 6.42 Å². The van der Waals surface area contributed by atoms with Crippen LogP contribution >= 0.6 is 11.6 Å². The summed E-state index contributed by atoms with van der Waals surface area (Å²) >= 11 is 6.50. The van der Waals surface area contributed by atoms with Gasteiger partial charge in [0, 0.05) is 29.3 Å². The van der Waals surface area contributed by atoms with Crippen LogP contribution in [-0.4, -0.2) is 30.0 Å². The van der Waals surface area contributed by atoms with Crippen LogP contribution in [0.15, 0.2) is 76.6 Å². The van der Waals surface area contributed by atoms with Crippen molar-refractivity contribution in [1.82, 2.24) is 24.3 Å². The summed E-state index contributed by atoms with van der Waals surface area (Å²) in [7, 11) is 0. The zero-order chi connectivity index (χ0) is 29.0. The number of hydrogen-bond donors (Lipinski definition) is 0. The smallest absolute Gasteiger partial charge is 0.273 e. The van der Waals surface area contributed by atoms with Crippen LogP contribution < -0.4 is 5.56 Å². The molecule has 40 heavy (non-hydrogen) atoms. The Balaban J connectivity index is 1.77. The van der Waals surface area contributed by atoms with Crippen molar-refractivity contribution in [1.29, 1.82) is 0 Å². The van der Waals surface area contributed by atoms with Crippen LogP contribution in [0, 0.1) is 26.6 Å². The summed E-state index contributed by atoms with van der Waals surface area (Å²) in [6.45, 7) is 8.73. The molecular weight excluding hydrogens is 534 g/mol. The summed E-state index contributed by atoms with van der Waals surface area (Å²) in [5, 5.41) is 4.22. The van der Waals surface area contributed by atoms with Gasteiger partial charge in [-0.3, -0.25) is 19.3 Å². The zero-order valence-electron chi connectivity index (χ0n) is 22.9. The van der Waals surface area contributed by atoms with E-state index < -0.39 is 17.2 Å². The van der Waals surface area contributed by atoms with E-state index in [9.17, 15) is 4.79 Å². The lowest BCUT2D eigenvalue weighted by Gasteiger charge is -2.16. The predicted molar refractivity (Wildman–Crippen MR) is 154 cm³/mol. The van der Waals surface area contributed by atoms with E-state index in [0.717, 1.165) is 16.5 Å². The van der Waals surface area contributed by atoms with Gasteiger partial charge in [-0.2, -0.15) is 5.10 Å². The molecule has 206 valence electrons. The number of pyridine rings is 2. The van der Waals surface area contributed by atoms with E-state index in [4.69, 9.17) is 11.6 Å². The van der Waals surface area contributed by atoms with Crippen LogP contribution in [0.2, 0.25) is 5.02 Å². The lowest BCUT2D eigenvalue weighted by atomic mass is 9.96. The highest BCUT2D eigenvalue weighted by atomic mass is 35.5. The average Bonchev–Trinajstić information content (AvgIpc) is 3.27. The van der Waals surface area contributed by atoms with E-state index in [1.807, 2.05) is 25.1 Å². The van der Waals surface area contributed by atoms with Gasteiger partial charge in [0.05, 0.1) is 6.20 Å². The lowest BCUT2D eigenvalue weighted by Crippen LogP contribution is -2.22. The second-order valence-corrected chi connectivity index (χ2v) is 9.73. The number of aromatic nitrogens is 5. The third-order valence-electron chi connectivity index (χ3n) is 6.33. The van der Waals surface area contributed by atoms with Crippen LogP contribution in [0.1, 0.15) is 53.9 Å². The molecule has 4 aromatic rings. The van der Waals surface area contributed by atoms with Crippen molar-refractivity contribution in [3.63, 3.8) is 0 Å². The molecule has 3 heterocycles. The number of rotatable bonds is 8. The van der Waals surface area contributed by atoms with Crippen molar-refractivity contribution >= 4 is 23.5 Å². The molecule has 3 aromatic heterocycles. The highest BCUT2D eigenvalue weighted by molar-refractivity contribution is 6.31. The fourth-order valence-corrected chi connectivity index (χ4v) is 4.74. The summed E-state index contributed by atoms with van der Waals surface area (Å²) in [5.41, 5.74) is 1.08. The molecule has 1 atom stereocenters. The molecule has 0 N–H and O–H groups in total. The van der Waals surface area contributed by atoms with Gasteiger partial charge in [-0.15, -0.1) is 0 Å². The first kappa shape index (κ1) is 28.8. The average molecular weight is 563 g/mol. The molecule has 0 saturated heterocycles. The van der Waals surface area contributed by atoms with Gasteiger partial charge in [-0.05, 0) is 75.9 Å². The van der Waals surface area contributed by atoms with Gasteiger partial charge >= 0.3 is 0 Å². The van der Waals surface area contributed by atoms with Crippen LogP contribution in [0.3, 0.4) is 0 Å². The number of aliphatic imine (C=N–C) groups is 1. The van der Waals surface area contributed by atoms with Crippen molar-refractivity contribution in [3.05, 3.63) is 122 Å².